The first-order chi connectivity index (χ1) is 9.18. The first-order valence-corrected chi connectivity index (χ1v) is 9.26. The lowest BCUT2D eigenvalue weighted by Crippen LogP contribution is -2.05. The molecular formula is C11H13N3O4S2. The van der Waals surface area contributed by atoms with Gasteiger partial charge in [0.15, 0.2) is 19.7 Å². The molecule has 0 amide bonds. The lowest BCUT2D eigenvalue weighted by molar-refractivity contribution is 0.600. The molecule has 20 heavy (non-hydrogen) atoms. The van der Waals surface area contributed by atoms with Crippen molar-refractivity contribution in [1.29, 1.82) is 0 Å². The smallest absolute Gasteiger partial charge is 0.177 e. The van der Waals surface area contributed by atoms with E-state index in [1.54, 1.807) is 6.20 Å². The molecule has 1 aromatic heterocycles. The van der Waals surface area contributed by atoms with Crippen molar-refractivity contribution >= 4 is 31.0 Å². The SMILES string of the molecule is CS(=O)(=O)c1ccc(Nc2cn[nH]c2)c(S(C)(=O)=O)c1. The van der Waals surface area contributed by atoms with Gasteiger partial charge >= 0.3 is 0 Å². The highest BCUT2D eigenvalue weighted by Gasteiger charge is 2.18. The molecule has 0 saturated heterocycles. The van der Waals surface area contributed by atoms with E-state index in [1.807, 2.05) is 0 Å². The third-order valence-electron chi connectivity index (χ3n) is 2.56. The van der Waals surface area contributed by atoms with Crippen LogP contribution in [0.4, 0.5) is 11.4 Å². The Hall–Kier alpha value is -1.87. The molecule has 9 heteroatoms. The molecule has 2 rings (SSSR count). The van der Waals surface area contributed by atoms with Crippen LogP contribution in [0.1, 0.15) is 0 Å². The average Bonchev–Trinajstić information content (AvgIpc) is 2.79. The minimum absolute atomic E-state index is 0.0457. The normalized spacial score (nSPS) is 12.3. The first-order valence-electron chi connectivity index (χ1n) is 5.48. The fourth-order valence-corrected chi connectivity index (χ4v) is 3.20. The van der Waals surface area contributed by atoms with Crippen molar-refractivity contribution in [3.63, 3.8) is 0 Å². The highest BCUT2D eigenvalue weighted by Crippen LogP contribution is 2.27. The monoisotopic (exact) mass is 315 g/mol. The largest absolute Gasteiger partial charge is 0.352 e. The average molecular weight is 315 g/mol. The molecule has 7 nitrogen and oxygen atoms in total. The lowest BCUT2D eigenvalue weighted by atomic mass is 10.3. The third kappa shape index (κ3) is 3.17. The third-order valence-corrected chi connectivity index (χ3v) is 4.80. The Balaban J connectivity index is 2.58. The fourth-order valence-electron chi connectivity index (χ4n) is 1.62. The second-order valence-corrected chi connectivity index (χ2v) is 8.31. The molecule has 2 aromatic rings. The number of nitrogens with one attached hydrogen (secondary N) is 2. The van der Waals surface area contributed by atoms with Crippen molar-refractivity contribution in [3.8, 4) is 0 Å². The molecule has 0 aliphatic carbocycles. The van der Waals surface area contributed by atoms with Crippen LogP contribution in [0, 0.1) is 0 Å². The highest BCUT2D eigenvalue weighted by molar-refractivity contribution is 7.91. The molecule has 1 heterocycles. The Morgan fingerprint density at radius 1 is 1.10 bits per heavy atom. The van der Waals surface area contributed by atoms with Gasteiger partial charge in [0.2, 0.25) is 0 Å². The Morgan fingerprint density at radius 3 is 2.30 bits per heavy atom. The predicted octanol–water partition coefficient (Wildman–Crippen LogP) is 0.960. The molecule has 0 saturated carbocycles. The van der Waals surface area contributed by atoms with Crippen LogP contribution < -0.4 is 5.32 Å². The lowest BCUT2D eigenvalue weighted by Gasteiger charge is -2.10. The van der Waals surface area contributed by atoms with Crippen LogP contribution in [0.15, 0.2) is 40.4 Å². The fraction of sp³-hybridized carbons (Fsp3) is 0.182. The van der Waals surface area contributed by atoms with Crippen molar-refractivity contribution < 1.29 is 16.8 Å². The van der Waals surface area contributed by atoms with Gasteiger partial charge in [0, 0.05) is 18.7 Å². The Morgan fingerprint density at radius 2 is 1.80 bits per heavy atom. The van der Waals surface area contributed by atoms with Gasteiger partial charge in [-0.2, -0.15) is 5.10 Å². The van der Waals surface area contributed by atoms with E-state index in [4.69, 9.17) is 0 Å². The van der Waals surface area contributed by atoms with Gasteiger partial charge in [-0.3, -0.25) is 5.10 Å². The molecule has 0 aliphatic heterocycles. The molecule has 0 bridgehead atoms. The van der Waals surface area contributed by atoms with Gasteiger partial charge in [-0.05, 0) is 18.2 Å². The van der Waals surface area contributed by atoms with Crippen LogP contribution in [-0.2, 0) is 19.7 Å². The summed E-state index contributed by atoms with van der Waals surface area (Å²) >= 11 is 0. The molecule has 0 atom stereocenters. The topological polar surface area (TPSA) is 109 Å². The van der Waals surface area contributed by atoms with Gasteiger partial charge in [-0.15, -0.1) is 0 Å². The zero-order valence-corrected chi connectivity index (χ0v) is 12.4. The van der Waals surface area contributed by atoms with Crippen molar-refractivity contribution in [3.05, 3.63) is 30.6 Å². The van der Waals surface area contributed by atoms with Crippen LogP contribution >= 0.6 is 0 Å². The van der Waals surface area contributed by atoms with E-state index < -0.39 is 19.7 Å². The van der Waals surface area contributed by atoms with Crippen molar-refractivity contribution in [2.24, 2.45) is 0 Å². The van der Waals surface area contributed by atoms with Crippen LogP contribution in [0.5, 0.6) is 0 Å². The molecule has 108 valence electrons. The Bertz CT molecular complexity index is 825. The van der Waals surface area contributed by atoms with Crippen molar-refractivity contribution in [2.45, 2.75) is 9.79 Å². The number of aromatic nitrogens is 2. The van der Waals surface area contributed by atoms with Gasteiger partial charge in [0.1, 0.15) is 0 Å². The van der Waals surface area contributed by atoms with Crippen LogP contribution in [0.25, 0.3) is 0 Å². The summed E-state index contributed by atoms with van der Waals surface area (Å²) in [7, 11) is -7.05. The molecule has 0 spiro atoms. The van der Waals surface area contributed by atoms with Crippen LogP contribution in [0.2, 0.25) is 0 Å². The number of hydrogen-bond acceptors (Lipinski definition) is 6. The van der Waals surface area contributed by atoms with Gasteiger partial charge in [0.25, 0.3) is 0 Å². The van der Waals surface area contributed by atoms with Crippen LogP contribution in [0.3, 0.4) is 0 Å². The summed E-state index contributed by atoms with van der Waals surface area (Å²) in [6.07, 6.45) is 5.08. The van der Waals surface area contributed by atoms with E-state index in [9.17, 15) is 16.8 Å². The number of anilines is 2. The molecule has 1 aromatic carbocycles. The molecule has 2 N–H and O–H groups in total. The number of H-pyrrole nitrogens is 1. The number of aromatic amines is 1. The number of hydrogen-bond donors (Lipinski definition) is 2. The van der Waals surface area contributed by atoms with Gasteiger partial charge in [-0.25, -0.2) is 16.8 Å². The molecule has 0 aliphatic rings. The molecular weight excluding hydrogens is 302 g/mol. The second kappa shape index (κ2) is 4.91. The summed E-state index contributed by atoms with van der Waals surface area (Å²) in [4.78, 5) is -0.128. The van der Waals surface area contributed by atoms with Crippen molar-refractivity contribution in [2.75, 3.05) is 17.8 Å². The molecule has 0 unspecified atom stereocenters. The number of sulfone groups is 2. The van der Waals surface area contributed by atoms with E-state index in [2.05, 4.69) is 15.5 Å². The number of benzene rings is 1. The van der Waals surface area contributed by atoms with E-state index in [0.29, 0.717) is 11.4 Å². The quantitative estimate of drug-likeness (QED) is 0.870. The number of rotatable bonds is 4. The van der Waals surface area contributed by atoms with Gasteiger partial charge in [0.05, 0.1) is 27.4 Å². The first kappa shape index (κ1) is 14.5. The zero-order chi connectivity index (χ0) is 15.0. The van der Waals surface area contributed by atoms with E-state index in [1.165, 1.54) is 18.3 Å². The summed E-state index contributed by atoms with van der Waals surface area (Å²) in [5, 5.41) is 9.19. The summed E-state index contributed by atoms with van der Waals surface area (Å²) in [5.74, 6) is 0. The maximum Gasteiger partial charge on any atom is 0.177 e. The Kier molecular flexibility index (Phi) is 3.57. The van der Waals surface area contributed by atoms with E-state index >= 15 is 0 Å². The van der Waals surface area contributed by atoms with Crippen LogP contribution in [-0.4, -0.2) is 39.5 Å². The minimum Gasteiger partial charge on any atom is -0.352 e. The minimum atomic E-state index is -3.58. The summed E-state index contributed by atoms with van der Waals surface area (Å²) in [6, 6.07) is 3.92. The number of nitrogens with zero attached hydrogens (tertiary/aromatic N) is 1. The summed E-state index contributed by atoms with van der Waals surface area (Å²) in [6.45, 7) is 0. The summed E-state index contributed by atoms with van der Waals surface area (Å²) < 4.78 is 46.6. The maximum atomic E-state index is 11.8. The standard InChI is InChI=1S/C11H13N3O4S2/c1-19(15,16)9-3-4-10(11(5-9)20(2,17)18)14-8-6-12-13-7-8/h3-7,14H,1-2H3,(H,12,13). The van der Waals surface area contributed by atoms with E-state index in [-0.39, 0.29) is 9.79 Å². The molecule has 0 fully saturated rings. The predicted molar refractivity (Wildman–Crippen MR) is 74.5 cm³/mol. The summed E-state index contributed by atoms with van der Waals surface area (Å²) in [5.41, 5.74) is 0.864. The second-order valence-electron chi connectivity index (χ2n) is 4.31. The van der Waals surface area contributed by atoms with Crippen molar-refractivity contribution in [1.82, 2.24) is 10.2 Å². The molecule has 0 radical (unpaired) electrons. The zero-order valence-electron chi connectivity index (χ0n) is 10.8. The van der Waals surface area contributed by atoms with Gasteiger partial charge in [-0.1, -0.05) is 0 Å². The van der Waals surface area contributed by atoms with E-state index in [0.717, 1.165) is 18.6 Å². The Labute approximate surface area is 116 Å². The maximum absolute atomic E-state index is 11.8. The van der Waals surface area contributed by atoms with Gasteiger partial charge < -0.3 is 5.32 Å². The highest BCUT2D eigenvalue weighted by atomic mass is 32.2.